The first kappa shape index (κ1) is 19.4. The fraction of sp³-hybridized carbons (Fsp3) is 0.158. The van der Waals surface area contributed by atoms with Gasteiger partial charge in [-0.3, -0.25) is 4.79 Å². The first-order valence-electron chi connectivity index (χ1n) is 8.15. The zero-order chi connectivity index (χ0) is 20.3. The molecule has 0 saturated carbocycles. The third-order valence-corrected chi connectivity index (χ3v) is 5.07. The van der Waals surface area contributed by atoms with Crippen LogP contribution >= 0.6 is 0 Å². The molecule has 146 valence electrons. The summed E-state index contributed by atoms with van der Waals surface area (Å²) >= 11 is 0. The Labute approximate surface area is 161 Å². The van der Waals surface area contributed by atoms with Gasteiger partial charge in [0.05, 0.1) is 12.7 Å². The highest BCUT2D eigenvalue weighted by Gasteiger charge is 2.39. The molecule has 8 nitrogen and oxygen atoms in total. The molecule has 1 aliphatic heterocycles. The maximum absolute atomic E-state index is 12.6. The van der Waals surface area contributed by atoms with E-state index in [0.29, 0.717) is 16.7 Å². The van der Waals surface area contributed by atoms with Gasteiger partial charge in [-0.05, 0) is 17.7 Å². The lowest BCUT2D eigenvalue weighted by Gasteiger charge is -2.10. The first-order valence-corrected chi connectivity index (χ1v) is 9.73. The van der Waals surface area contributed by atoms with Crippen molar-refractivity contribution in [2.45, 2.75) is 11.9 Å². The Morgan fingerprint density at radius 1 is 1.11 bits per heavy atom. The average Bonchev–Trinajstić information content (AvgIpc) is 2.95. The van der Waals surface area contributed by atoms with E-state index < -0.39 is 45.4 Å². The molecule has 1 aliphatic rings. The lowest BCUT2D eigenvalue weighted by atomic mass is 10.0. The van der Waals surface area contributed by atoms with Gasteiger partial charge in [0.2, 0.25) is 17.4 Å². The third-order valence-electron chi connectivity index (χ3n) is 3.96. The second-order valence-electron chi connectivity index (χ2n) is 5.94. The van der Waals surface area contributed by atoms with Crippen LogP contribution < -0.4 is 5.73 Å². The topological polar surface area (TPSA) is 122 Å². The van der Waals surface area contributed by atoms with Gasteiger partial charge < -0.3 is 19.4 Å². The maximum Gasteiger partial charge on any atom is 0.337 e. The molecule has 2 aromatic rings. The highest BCUT2D eigenvalue weighted by molar-refractivity contribution is 7.86. The van der Waals surface area contributed by atoms with E-state index in [-0.39, 0.29) is 0 Å². The van der Waals surface area contributed by atoms with Gasteiger partial charge in [-0.15, -0.1) is 0 Å². The Bertz CT molecular complexity index is 1030. The molecule has 1 unspecified atom stereocenters. The number of methoxy groups -OCH3 is 1. The number of rotatable bonds is 6. The zero-order valence-electron chi connectivity index (χ0n) is 14.8. The van der Waals surface area contributed by atoms with Gasteiger partial charge in [-0.2, -0.15) is 8.42 Å². The minimum atomic E-state index is -4.11. The summed E-state index contributed by atoms with van der Waals surface area (Å²) in [5, 5.41) is 0. The first-order chi connectivity index (χ1) is 13.3. The number of hydrogen-bond acceptors (Lipinski definition) is 8. The molecule has 0 spiro atoms. The molecule has 2 N–H and O–H groups in total. The van der Waals surface area contributed by atoms with E-state index in [0.717, 1.165) is 0 Å². The lowest BCUT2D eigenvalue weighted by Crippen LogP contribution is -2.16. The highest BCUT2D eigenvalue weighted by Crippen LogP contribution is 2.32. The number of benzene rings is 2. The molecule has 9 heteroatoms. The van der Waals surface area contributed by atoms with Crippen LogP contribution in [0.3, 0.4) is 0 Å². The number of nitrogens with two attached hydrogens (primary N) is 1. The van der Waals surface area contributed by atoms with Crippen molar-refractivity contribution in [1.82, 2.24) is 0 Å². The van der Waals surface area contributed by atoms with E-state index in [1.807, 2.05) is 0 Å². The summed E-state index contributed by atoms with van der Waals surface area (Å²) in [6.45, 7) is 0. The fourth-order valence-corrected chi connectivity index (χ4v) is 3.70. The van der Waals surface area contributed by atoms with Crippen LogP contribution in [0.25, 0.3) is 0 Å². The minimum Gasteiger partial charge on any atom is -0.465 e. The van der Waals surface area contributed by atoms with Crippen LogP contribution in [-0.4, -0.2) is 27.3 Å². The molecule has 0 saturated heterocycles. The predicted octanol–water partition coefficient (Wildman–Crippen LogP) is 1.79. The van der Waals surface area contributed by atoms with E-state index in [2.05, 4.69) is 4.74 Å². The van der Waals surface area contributed by atoms with Crippen molar-refractivity contribution in [1.29, 1.82) is 0 Å². The van der Waals surface area contributed by atoms with Gasteiger partial charge in [-0.1, -0.05) is 42.5 Å². The molecule has 28 heavy (non-hydrogen) atoms. The number of ketones is 1. The smallest absolute Gasteiger partial charge is 0.337 e. The van der Waals surface area contributed by atoms with E-state index in [4.69, 9.17) is 14.7 Å². The zero-order valence-corrected chi connectivity index (χ0v) is 15.6. The van der Waals surface area contributed by atoms with Gasteiger partial charge in [0.1, 0.15) is 5.75 Å². The Morgan fingerprint density at radius 3 is 2.36 bits per heavy atom. The summed E-state index contributed by atoms with van der Waals surface area (Å²) < 4.78 is 39.4. The standard InChI is InChI=1S/C19H17NO7S/c1-25-19(22)14-9-7-13(8-10-14)16-15(21)17(18(20)26-16)27-28(23,24)11-12-5-3-2-4-6-12/h2-10,16H,11,20H2,1H3. The Morgan fingerprint density at radius 2 is 1.75 bits per heavy atom. The lowest BCUT2D eigenvalue weighted by molar-refractivity contribution is -0.123. The van der Waals surface area contributed by atoms with Crippen molar-refractivity contribution in [3.8, 4) is 0 Å². The summed E-state index contributed by atoms with van der Waals surface area (Å²) in [5.41, 5.74) is 6.85. The van der Waals surface area contributed by atoms with Crippen molar-refractivity contribution in [3.63, 3.8) is 0 Å². The third kappa shape index (κ3) is 4.15. The number of Topliss-reactive ketones (excluding diaryl/α,β-unsaturated/α-hetero) is 1. The number of ether oxygens (including phenoxy) is 2. The van der Waals surface area contributed by atoms with Crippen molar-refractivity contribution in [2.24, 2.45) is 5.73 Å². The number of esters is 1. The monoisotopic (exact) mass is 403 g/mol. The van der Waals surface area contributed by atoms with Gasteiger partial charge in [0, 0.05) is 5.56 Å². The van der Waals surface area contributed by atoms with Gasteiger partial charge in [0.25, 0.3) is 0 Å². The maximum atomic E-state index is 12.6. The fourth-order valence-electron chi connectivity index (χ4n) is 2.62. The quantitative estimate of drug-likeness (QED) is 0.572. The molecule has 0 aliphatic carbocycles. The van der Waals surface area contributed by atoms with Crippen LogP contribution in [0.2, 0.25) is 0 Å². The summed E-state index contributed by atoms with van der Waals surface area (Å²) in [4.78, 5) is 24.1. The molecule has 0 aromatic heterocycles. The Hall–Kier alpha value is -3.33. The predicted molar refractivity (Wildman–Crippen MR) is 98.0 cm³/mol. The average molecular weight is 403 g/mol. The van der Waals surface area contributed by atoms with Crippen LogP contribution in [0, 0.1) is 0 Å². The molecule has 1 atom stereocenters. The Kier molecular flexibility index (Phi) is 5.36. The minimum absolute atomic E-state index is 0.291. The van der Waals surface area contributed by atoms with Crippen molar-refractivity contribution >= 4 is 21.9 Å². The van der Waals surface area contributed by atoms with Gasteiger partial charge in [-0.25, -0.2) is 4.79 Å². The van der Waals surface area contributed by atoms with Crippen LogP contribution in [0.1, 0.15) is 27.6 Å². The highest BCUT2D eigenvalue weighted by atomic mass is 32.2. The molecule has 2 aromatic carbocycles. The largest absolute Gasteiger partial charge is 0.465 e. The SMILES string of the molecule is COC(=O)c1ccc(C2OC(N)=C(OS(=O)(=O)Cc3ccccc3)C2=O)cc1. The molecule has 0 fully saturated rings. The van der Waals surface area contributed by atoms with Crippen molar-refractivity contribution < 1.29 is 31.7 Å². The molecule has 3 rings (SSSR count). The molecule has 0 bridgehead atoms. The second-order valence-corrected chi connectivity index (χ2v) is 7.51. The number of carbonyl (C=O) groups excluding carboxylic acids is 2. The summed E-state index contributed by atoms with van der Waals surface area (Å²) in [7, 11) is -2.86. The molecule has 0 radical (unpaired) electrons. The normalized spacial score (nSPS) is 16.6. The van der Waals surface area contributed by atoms with Crippen LogP contribution in [-0.2, 0) is 34.3 Å². The van der Waals surface area contributed by atoms with Gasteiger partial charge in [0.15, 0.2) is 6.10 Å². The molecular formula is C19H17NO7S. The second kappa shape index (κ2) is 7.73. The van der Waals surface area contributed by atoms with Gasteiger partial charge >= 0.3 is 16.1 Å². The molecule has 1 heterocycles. The molecule has 0 amide bonds. The molecular weight excluding hydrogens is 386 g/mol. The van der Waals surface area contributed by atoms with Crippen LogP contribution in [0.4, 0.5) is 0 Å². The summed E-state index contributed by atoms with van der Waals surface area (Å²) in [6, 6.07) is 14.3. The van der Waals surface area contributed by atoms with Crippen LogP contribution in [0.5, 0.6) is 0 Å². The van der Waals surface area contributed by atoms with E-state index >= 15 is 0 Å². The number of carbonyl (C=O) groups is 2. The summed E-state index contributed by atoms with van der Waals surface area (Å²) in [5.74, 6) is -2.64. The van der Waals surface area contributed by atoms with E-state index in [1.54, 1.807) is 30.3 Å². The van der Waals surface area contributed by atoms with Crippen molar-refractivity contribution in [2.75, 3.05) is 7.11 Å². The van der Waals surface area contributed by atoms with Crippen LogP contribution in [0.15, 0.2) is 66.2 Å². The van der Waals surface area contributed by atoms with E-state index in [9.17, 15) is 18.0 Å². The number of hydrogen-bond donors (Lipinski definition) is 1. The van der Waals surface area contributed by atoms with Crippen molar-refractivity contribution in [3.05, 3.63) is 82.9 Å². The summed E-state index contributed by atoms with van der Waals surface area (Å²) in [6.07, 6.45) is -1.16. The van der Waals surface area contributed by atoms with E-state index in [1.165, 1.54) is 31.4 Å². The Balaban J connectivity index is 1.75.